The first kappa shape index (κ1) is 12.9. The summed E-state index contributed by atoms with van der Waals surface area (Å²) in [6, 6.07) is 1.59. The quantitative estimate of drug-likeness (QED) is 0.825. The van der Waals surface area contributed by atoms with Gasteiger partial charge in [-0.1, -0.05) is 26.7 Å². The lowest BCUT2D eigenvalue weighted by atomic mass is 9.95. The number of hydrogen-bond acceptors (Lipinski definition) is 2. The molecule has 1 N–H and O–H groups in total. The molecule has 3 fully saturated rings. The molecule has 2 aliphatic carbocycles. The second-order valence-corrected chi connectivity index (χ2v) is 7.27. The molecule has 3 aliphatic rings. The fourth-order valence-electron chi connectivity index (χ4n) is 4.06. The first-order valence-electron chi connectivity index (χ1n) is 8.21. The molecule has 0 aromatic rings. The van der Waals surface area contributed by atoms with Crippen LogP contribution in [0.15, 0.2) is 0 Å². The minimum absolute atomic E-state index is 0.778. The van der Waals surface area contributed by atoms with E-state index in [1.807, 2.05) is 0 Å². The van der Waals surface area contributed by atoms with Crippen molar-refractivity contribution in [2.24, 2.45) is 17.8 Å². The van der Waals surface area contributed by atoms with Crippen LogP contribution in [0.2, 0.25) is 0 Å². The van der Waals surface area contributed by atoms with E-state index in [4.69, 9.17) is 0 Å². The van der Waals surface area contributed by atoms with E-state index >= 15 is 0 Å². The molecule has 1 aliphatic heterocycles. The van der Waals surface area contributed by atoms with Gasteiger partial charge in [-0.15, -0.1) is 0 Å². The highest BCUT2D eigenvalue weighted by molar-refractivity contribution is 4.95. The number of hydrogen-bond donors (Lipinski definition) is 1. The van der Waals surface area contributed by atoms with Crippen molar-refractivity contribution < 1.29 is 0 Å². The normalized spacial score (nSPS) is 35.5. The Morgan fingerprint density at radius 2 is 1.83 bits per heavy atom. The Kier molecular flexibility index (Phi) is 3.95. The Morgan fingerprint density at radius 3 is 2.44 bits per heavy atom. The van der Waals surface area contributed by atoms with Gasteiger partial charge in [0.2, 0.25) is 0 Å². The molecule has 1 heterocycles. The highest BCUT2D eigenvalue weighted by atomic mass is 15.2. The van der Waals surface area contributed by atoms with Gasteiger partial charge in [-0.05, 0) is 43.4 Å². The van der Waals surface area contributed by atoms with Crippen LogP contribution in [0.3, 0.4) is 0 Å². The van der Waals surface area contributed by atoms with Crippen LogP contribution < -0.4 is 5.32 Å². The topological polar surface area (TPSA) is 15.3 Å². The molecule has 1 saturated heterocycles. The summed E-state index contributed by atoms with van der Waals surface area (Å²) in [5.41, 5.74) is 0. The summed E-state index contributed by atoms with van der Waals surface area (Å²) < 4.78 is 0. The maximum absolute atomic E-state index is 3.83. The van der Waals surface area contributed by atoms with Crippen LogP contribution in [0.5, 0.6) is 0 Å². The minimum Gasteiger partial charge on any atom is -0.311 e. The van der Waals surface area contributed by atoms with Gasteiger partial charge in [-0.2, -0.15) is 0 Å². The van der Waals surface area contributed by atoms with Crippen molar-refractivity contribution >= 4 is 0 Å². The molecule has 104 valence electrons. The van der Waals surface area contributed by atoms with Gasteiger partial charge in [0.05, 0.1) is 0 Å². The van der Waals surface area contributed by atoms with Crippen molar-refractivity contribution in [2.45, 2.75) is 64.5 Å². The molecule has 2 saturated carbocycles. The van der Waals surface area contributed by atoms with Crippen LogP contribution in [0.4, 0.5) is 0 Å². The molecule has 2 unspecified atom stereocenters. The summed E-state index contributed by atoms with van der Waals surface area (Å²) in [5, 5.41) is 3.83. The largest absolute Gasteiger partial charge is 0.311 e. The average molecular weight is 250 g/mol. The summed E-state index contributed by atoms with van der Waals surface area (Å²) in [6.45, 7) is 8.72. The van der Waals surface area contributed by atoms with E-state index in [2.05, 4.69) is 24.1 Å². The average Bonchev–Trinajstić information content (AvgIpc) is 3.08. The Bertz CT molecular complexity index is 264. The lowest BCUT2D eigenvalue weighted by Crippen LogP contribution is -2.59. The fourth-order valence-corrected chi connectivity index (χ4v) is 4.06. The van der Waals surface area contributed by atoms with Crippen molar-refractivity contribution in [1.82, 2.24) is 10.2 Å². The summed E-state index contributed by atoms with van der Waals surface area (Å²) >= 11 is 0. The maximum atomic E-state index is 3.83. The van der Waals surface area contributed by atoms with Crippen molar-refractivity contribution in [3.05, 3.63) is 0 Å². The van der Waals surface area contributed by atoms with Gasteiger partial charge in [-0.25, -0.2) is 0 Å². The fraction of sp³-hybridized carbons (Fsp3) is 1.00. The lowest BCUT2D eigenvalue weighted by molar-refractivity contribution is 0.0768. The third-order valence-electron chi connectivity index (χ3n) is 5.42. The van der Waals surface area contributed by atoms with Crippen LogP contribution in [-0.4, -0.2) is 36.6 Å². The van der Waals surface area contributed by atoms with Gasteiger partial charge in [0.1, 0.15) is 0 Å². The molecule has 3 rings (SSSR count). The van der Waals surface area contributed by atoms with E-state index in [1.54, 1.807) is 0 Å². The van der Waals surface area contributed by atoms with Gasteiger partial charge in [0.25, 0.3) is 0 Å². The highest BCUT2D eigenvalue weighted by Crippen LogP contribution is 2.35. The SMILES string of the molecule is CC(C)C1CNC(C2CC2)CN1CC1CCCC1. The predicted octanol–water partition coefficient (Wildman–Crippen LogP) is 2.89. The molecule has 0 spiro atoms. The zero-order chi connectivity index (χ0) is 12.5. The molecular weight excluding hydrogens is 220 g/mol. The predicted molar refractivity (Wildman–Crippen MR) is 76.7 cm³/mol. The second-order valence-electron chi connectivity index (χ2n) is 7.27. The van der Waals surface area contributed by atoms with E-state index in [9.17, 15) is 0 Å². The molecule has 0 aromatic heterocycles. The Labute approximate surface area is 113 Å². The second kappa shape index (κ2) is 5.50. The first-order chi connectivity index (χ1) is 8.74. The zero-order valence-electron chi connectivity index (χ0n) is 12.2. The lowest BCUT2D eigenvalue weighted by Gasteiger charge is -2.43. The van der Waals surface area contributed by atoms with Crippen LogP contribution in [-0.2, 0) is 0 Å². The van der Waals surface area contributed by atoms with Crippen molar-refractivity contribution in [3.63, 3.8) is 0 Å². The first-order valence-corrected chi connectivity index (χ1v) is 8.21. The van der Waals surface area contributed by atoms with E-state index in [-0.39, 0.29) is 0 Å². The number of rotatable bonds is 4. The van der Waals surface area contributed by atoms with Crippen molar-refractivity contribution in [3.8, 4) is 0 Å². The summed E-state index contributed by atoms with van der Waals surface area (Å²) in [5.74, 6) is 2.80. The van der Waals surface area contributed by atoms with E-state index in [1.165, 1.54) is 58.2 Å². The summed E-state index contributed by atoms with van der Waals surface area (Å²) in [6.07, 6.45) is 8.89. The van der Waals surface area contributed by atoms with E-state index in [0.29, 0.717) is 0 Å². The highest BCUT2D eigenvalue weighted by Gasteiger charge is 2.38. The minimum atomic E-state index is 0.778. The monoisotopic (exact) mass is 250 g/mol. The van der Waals surface area contributed by atoms with Gasteiger partial charge in [0, 0.05) is 31.7 Å². The van der Waals surface area contributed by atoms with Crippen LogP contribution in [0, 0.1) is 17.8 Å². The van der Waals surface area contributed by atoms with Gasteiger partial charge in [0.15, 0.2) is 0 Å². The van der Waals surface area contributed by atoms with Gasteiger partial charge < -0.3 is 5.32 Å². The molecular formula is C16H30N2. The third kappa shape index (κ3) is 2.91. The van der Waals surface area contributed by atoms with E-state index in [0.717, 1.165) is 29.8 Å². The maximum Gasteiger partial charge on any atom is 0.0244 e. The van der Waals surface area contributed by atoms with Crippen molar-refractivity contribution in [1.29, 1.82) is 0 Å². The smallest absolute Gasteiger partial charge is 0.0244 e. The molecule has 0 bridgehead atoms. The third-order valence-corrected chi connectivity index (χ3v) is 5.42. The molecule has 0 aromatic carbocycles. The van der Waals surface area contributed by atoms with Crippen molar-refractivity contribution in [2.75, 3.05) is 19.6 Å². The standard InChI is InChI=1S/C16H30N2/c1-12(2)16-9-17-15(14-7-8-14)11-18(16)10-13-5-3-4-6-13/h12-17H,3-11H2,1-2H3. The summed E-state index contributed by atoms with van der Waals surface area (Å²) in [7, 11) is 0. The Morgan fingerprint density at radius 1 is 1.11 bits per heavy atom. The molecule has 0 amide bonds. The van der Waals surface area contributed by atoms with Gasteiger partial charge >= 0.3 is 0 Å². The Balaban J connectivity index is 1.60. The number of nitrogens with zero attached hydrogens (tertiary/aromatic N) is 1. The number of nitrogens with one attached hydrogen (secondary N) is 1. The van der Waals surface area contributed by atoms with Crippen LogP contribution in [0.25, 0.3) is 0 Å². The molecule has 2 atom stereocenters. The molecule has 2 nitrogen and oxygen atoms in total. The molecule has 0 radical (unpaired) electrons. The Hall–Kier alpha value is -0.0800. The summed E-state index contributed by atoms with van der Waals surface area (Å²) in [4.78, 5) is 2.85. The van der Waals surface area contributed by atoms with Crippen LogP contribution >= 0.6 is 0 Å². The van der Waals surface area contributed by atoms with Crippen LogP contribution in [0.1, 0.15) is 52.4 Å². The zero-order valence-corrected chi connectivity index (χ0v) is 12.2. The molecule has 18 heavy (non-hydrogen) atoms. The number of piperazine rings is 1. The molecule has 2 heteroatoms. The van der Waals surface area contributed by atoms with E-state index < -0.39 is 0 Å². The van der Waals surface area contributed by atoms with Gasteiger partial charge in [-0.3, -0.25) is 4.90 Å².